The van der Waals surface area contributed by atoms with E-state index in [1.165, 1.54) is 17.0 Å². The average molecular weight is 550 g/mol. The van der Waals surface area contributed by atoms with Crippen molar-refractivity contribution in [3.05, 3.63) is 102 Å². The van der Waals surface area contributed by atoms with Crippen molar-refractivity contribution in [2.75, 3.05) is 6.54 Å². The predicted molar refractivity (Wildman–Crippen MR) is 149 cm³/mol. The second-order valence-corrected chi connectivity index (χ2v) is 12.3. The van der Waals surface area contributed by atoms with Gasteiger partial charge in [0.05, 0.1) is 17.0 Å². The normalized spacial score (nSPS) is 17.3. The number of nitrogens with zero attached hydrogens (tertiary/aromatic N) is 1. The zero-order valence-corrected chi connectivity index (χ0v) is 23.2. The topological polar surface area (TPSA) is 105 Å². The molecule has 0 radical (unpaired) electrons. The van der Waals surface area contributed by atoms with Crippen LogP contribution in [0.25, 0.3) is 0 Å². The molecule has 9 heteroatoms. The van der Waals surface area contributed by atoms with Crippen LogP contribution < -0.4 is 10.0 Å². The number of amides is 2. The lowest BCUT2D eigenvalue weighted by Crippen LogP contribution is -2.50. The zero-order valence-electron chi connectivity index (χ0n) is 22.4. The lowest BCUT2D eigenvalue weighted by Gasteiger charge is -2.32. The van der Waals surface area contributed by atoms with Crippen molar-refractivity contribution in [2.45, 2.75) is 62.2 Å². The highest BCUT2D eigenvalue weighted by Crippen LogP contribution is 2.32. The second-order valence-electron chi connectivity index (χ2n) is 10.6. The molecule has 0 saturated carbocycles. The summed E-state index contributed by atoms with van der Waals surface area (Å²) in [6, 6.07) is 24.2. The molecule has 0 unspecified atom stereocenters. The number of carbonyl (C=O) groups is 2. The number of benzene rings is 3. The molecule has 2 amide bonds. The third-order valence-electron chi connectivity index (χ3n) is 6.47. The monoisotopic (exact) mass is 549 g/mol. The van der Waals surface area contributed by atoms with Gasteiger partial charge in [-0.2, -0.15) is 0 Å². The fourth-order valence-corrected chi connectivity index (χ4v) is 5.93. The number of nitrogens with one attached hydrogen (secondary N) is 2. The largest absolute Gasteiger partial charge is 0.444 e. The van der Waals surface area contributed by atoms with Crippen LogP contribution in [0.15, 0.2) is 95.9 Å². The molecule has 1 fully saturated rings. The Morgan fingerprint density at radius 1 is 0.846 bits per heavy atom. The van der Waals surface area contributed by atoms with Crippen LogP contribution in [0.1, 0.15) is 56.8 Å². The number of hydrogen-bond donors (Lipinski definition) is 2. The number of rotatable bonds is 8. The van der Waals surface area contributed by atoms with Crippen LogP contribution in [0.5, 0.6) is 0 Å². The molecular weight excluding hydrogens is 514 g/mol. The van der Waals surface area contributed by atoms with Gasteiger partial charge in [0, 0.05) is 6.54 Å². The Hall–Kier alpha value is -3.69. The number of ether oxygens (including phenoxy) is 1. The molecule has 1 aliphatic heterocycles. The first-order valence-electron chi connectivity index (χ1n) is 13.0. The molecule has 1 saturated heterocycles. The second kappa shape index (κ2) is 12.0. The number of carbonyl (C=O) groups excluding carboxylic acids is 2. The van der Waals surface area contributed by atoms with Gasteiger partial charge in [0.2, 0.25) is 15.9 Å². The maximum atomic E-state index is 13.7. The molecule has 0 aliphatic carbocycles. The van der Waals surface area contributed by atoms with Gasteiger partial charge < -0.3 is 10.1 Å². The molecule has 4 rings (SSSR count). The third-order valence-corrected chi connectivity index (χ3v) is 7.92. The lowest BCUT2D eigenvalue weighted by atomic mass is 9.93. The molecule has 2 N–H and O–H groups in total. The highest BCUT2D eigenvalue weighted by atomic mass is 32.2. The third kappa shape index (κ3) is 7.25. The first-order chi connectivity index (χ1) is 18.5. The Labute approximate surface area is 230 Å². The molecule has 8 nitrogen and oxygen atoms in total. The summed E-state index contributed by atoms with van der Waals surface area (Å²) < 4.78 is 35.3. The van der Waals surface area contributed by atoms with E-state index < -0.39 is 39.8 Å². The SMILES string of the molecule is CC(C)(C)OC(=O)N1CCC[C@H]1C(=O)N[C@H](c1ccccc1)[C@H](NS(=O)(=O)c1ccccc1)c1ccccc1. The minimum Gasteiger partial charge on any atom is -0.444 e. The van der Waals surface area contributed by atoms with E-state index in [9.17, 15) is 18.0 Å². The van der Waals surface area contributed by atoms with E-state index in [1.54, 1.807) is 39.0 Å². The number of likely N-dealkylation sites (tertiary alicyclic amines) is 1. The maximum Gasteiger partial charge on any atom is 0.410 e. The molecule has 39 heavy (non-hydrogen) atoms. The summed E-state index contributed by atoms with van der Waals surface area (Å²) in [5.41, 5.74) is 0.709. The van der Waals surface area contributed by atoms with Gasteiger partial charge in [-0.15, -0.1) is 0 Å². The predicted octanol–water partition coefficient (Wildman–Crippen LogP) is 4.96. The van der Waals surface area contributed by atoms with Gasteiger partial charge in [0.25, 0.3) is 0 Å². The Bertz CT molecular complexity index is 1360. The molecule has 3 aromatic rings. The van der Waals surface area contributed by atoms with Gasteiger partial charge in [-0.3, -0.25) is 9.69 Å². The van der Waals surface area contributed by atoms with Gasteiger partial charge in [-0.05, 0) is 56.9 Å². The van der Waals surface area contributed by atoms with Crippen molar-refractivity contribution in [3.8, 4) is 0 Å². The molecule has 1 aliphatic rings. The van der Waals surface area contributed by atoms with Crippen molar-refractivity contribution in [3.63, 3.8) is 0 Å². The Morgan fingerprint density at radius 2 is 1.36 bits per heavy atom. The minimum atomic E-state index is -3.95. The fraction of sp³-hybridized carbons (Fsp3) is 0.333. The number of sulfonamides is 1. The summed E-state index contributed by atoms with van der Waals surface area (Å²) in [4.78, 5) is 28.2. The molecule has 3 aromatic carbocycles. The fourth-order valence-electron chi connectivity index (χ4n) is 4.67. The van der Waals surface area contributed by atoms with Crippen molar-refractivity contribution in [1.82, 2.24) is 14.9 Å². The van der Waals surface area contributed by atoms with E-state index in [2.05, 4.69) is 10.0 Å². The maximum absolute atomic E-state index is 13.7. The Balaban J connectivity index is 1.69. The summed E-state index contributed by atoms with van der Waals surface area (Å²) in [5.74, 6) is -0.368. The van der Waals surface area contributed by atoms with Crippen LogP contribution in [0.3, 0.4) is 0 Å². The highest BCUT2D eigenvalue weighted by Gasteiger charge is 2.39. The van der Waals surface area contributed by atoms with Crippen LogP contribution in [0, 0.1) is 0 Å². The lowest BCUT2D eigenvalue weighted by molar-refractivity contribution is -0.126. The van der Waals surface area contributed by atoms with Crippen LogP contribution in [-0.2, 0) is 19.6 Å². The first kappa shape index (κ1) is 28.3. The molecule has 1 heterocycles. The molecule has 0 bridgehead atoms. The van der Waals surface area contributed by atoms with Crippen LogP contribution in [0.4, 0.5) is 4.79 Å². The van der Waals surface area contributed by atoms with Crippen molar-refractivity contribution < 1.29 is 22.7 Å². The summed E-state index contributed by atoms with van der Waals surface area (Å²) in [6.45, 7) is 5.76. The summed E-state index contributed by atoms with van der Waals surface area (Å²) in [7, 11) is -3.95. The molecule has 0 aromatic heterocycles. The average Bonchev–Trinajstić information content (AvgIpc) is 3.42. The van der Waals surface area contributed by atoms with Crippen molar-refractivity contribution in [2.24, 2.45) is 0 Å². The van der Waals surface area contributed by atoms with Gasteiger partial charge >= 0.3 is 6.09 Å². The molecular formula is C30H35N3O5S. The minimum absolute atomic E-state index is 0.121. The van der Waals surface area contributed by atoms with Gasteiger partial charge in [-0.1, -0.05) is 78.9 Å². The molecule has 206 valence electrons. The summed E-state index contributed by atoms with van der Waals surface area (Å²) in [6.07, 6.45) is 0.606. The Morgan fingerprint density at radius 3 is 1.90 bits per heavy atom. The summed E-state index contributed by atoms with van der Waals surface area (Å²) >= 11 is 0. The van der Waals surface area contributed by atoms with E-state index in [1.807, 2.05) is 60.7 Å². The quantitative estimate of drug-likeness (QED) is 0.413. The smallest absolute Gasteiger partial charge is 0.410 e. The van der Waals surface area contributed by atoms with Gasteiger partial charge in [0.1, 0.15) is 11.6 Å². The van der Waals surface area contributed by atoms with Gasteiger partial charge in [0.15, 0.2) is 0 Å². The van der Waals surface area contributed by atoms with Crippen molar-refractivity contribution >= 4 is 22.0 Å². The van der Waals surface area contributed by atoms with Crippen LogP contribution in [0.2, 0.25) is 0 Å². The van der Waals surface area contributed by atoms with Gasteiger partial charge in [-0.25, -0.2) is 17.9 Å². The van der Waals surface area contributed by atoms with E-state index in [0.717, 1.165) is 5.56 Å². The number of hydrogen-bond acceptors (Lipinski definition) is 5. The highest BCUT2D eigenvalue weighted by molar-refractivity contribution is 7.89. The van der Waals surface area contributed by atoms with E-state index in [0.29, 0.717) is 24.9 Å². The standard InChI is InChI=1S/C30H35N3O5S/c1-30(2,3)38-29(35)33-21-13-20-25(33)28(34)31-26(22-14-7-4-8-15-22)27(23-16-9-5-10-17-23)32-39(36,37)24-18-11-6-12-19-24/h4-12,14-19,25-27,32H,13,20-21H2,1-3H3,(H,31,34)/t25-,26+,27+/m0/s1. The molecule has 0 spiro atoms. The van der Waals surface area contributed by atoms with E-state index in [-0.39, 0.29) is 10.8 Å². The van der Waals surface area contributed by atoms with Crippen LogP contribution >= 0.6 is 0 Å². The summed E-state index contributed by atoms with van der Waals surface area (Å²) in [5, 5.41) is 3.08. The molecule has 3 atom stereocenters. The van der Waals surface area contributed by atoms with Crippen molar-refractivity contribution in [1.29, 1.82) is 0 Å². The van der Waals surface area contributed by atoms with Crippen LogP contribution in [-0.4, -0.2) is 43.5 Å². The first-order valence-corrected chi connectivity index (χ1v) is 14.5. The zero-order chi connectivity index (χ0) is 28.0. The van der Waals surface area contributed by atoms with E-state index >= 15 is 0 Å². The Kier molecular flexibility index (Phi) is 8.72. The van der Waals surface area contributed by atoms with E-state index in [4.69, 9.17) is 4.74 Å².